The Hall–Kier alpha value is -9.36. The second kappa shape index (κ2) is 37.7. The van der Waals surface area contributed by atoms with Crippen molar-refractivity contribution in [3.63, 3.8) is 0 Å². The summed E-state index contributed by atoms with van der Waals surface area (Å²) in [5.41, 5.74) is 19.2. The molecule has 0 aliphatic carbocycles. The van der Waals surface area contributed by atoms with E-state index in [4.69, 9.17) is 108 Å². The minimum absolute atomic E-state index is 0.00309. The number of hydrogen-bond acceptors (Lipinski definition) is 38. The average Bonchev–Trinajstić information content (AvgIpc) is 1.66. The van der Waals surface area contributed by atoms with Gasteiger partial charge in [0, 0.05) is 95.7 Å². The van der Waals surface area contributed by atoms with Crippen LogP contribution in [-0.2, 0) is 104 Å². The molecule has 15 heterocycles. The zero-order valence-electron chi connectivity index (χ0n) is 71.6. The lowest BCUT2D eigenvalue weighted by Crippen LogP contribution is -2.51. The first kappa shape index (κ1) is 94.4. The monoisotopic (exact) mass is 1980 g/mol. The number of benzene rings is 1. The summed E-state index contributed by atoms with van der Waals surface area (Å²) in [6.45, 7) is -6.50. The number of aromatic amines is 3. The van der Waals surface area contributed by atoms with E-state index in [0.29, 0.717) is 6.07 Å². The van der Waals surface area contributed by atoms with E-state index in [1.807, 2.05) is 0 Å². The fraction of sp³-hybridized carbons (Fsp3) is 0.521. The second-order valence-electron chi connectivity index (χ2n) is 32.0. The summed E-state index contributed by atoms with van der Waals surface area (Å²) < 4.78 is 191. The number of imidazole rings is 3. The normalized spacial score (nSPS) is 26.8. The van der Waals surface area contributed by atoms with Crippen LogP contribution in [0.3, 0.4) is 0 Å². The Morgan fingerprint density at radius 3 is 1.48 bits per heavy atom. The van der Waals surface area contributed by atoms with Crippen LogP contribution in [0.25, 0.3) is 33.5 Å². The minimum Gasteiger partial charge on any atom is -0.383 e. The number of hydrogen-bond donors (Lipinski definition) is 9. The molecular weight excluding hydrogens is 1890 g/mol. The van der Waals surface area contributed by atoms with Gasteiger partial charge >= 0.3 is 36.7 Å². The number of fused-ring (bicyclic) bond motifs is 3. The van der Waals surface area contributed by atoms with Crippen LogP contribution in [0.4, 0.5) is 36.6 Å². The molecule has 1 amide bonds. The Morgan fingerprint density at radius 1 is 0.530 bits per heavy atom. The molecule has 0 radical (unpaired) electrons. The fourth-order valence-electron chi connectivity index (χ4n) is 15.8. The molecule has 1 aromatic carbocycles. The molecule has 0 saturated carbocycles. The number of aromatic nitrogens is 18. The predicted octanol–water partition coefficient (Wildman–Crippen LogP) is 2.42. The van der Waals surface area contributed by atoms with Crippen molar-refractivity contribution >= 4 is 122 Å². The summed E-state index contributed by atoms with van der Waals surface area (Å²) in [4.78, 5) is 162. The number of amides is 1. The van der Waals surface area contributed by atoms with E-state index in [0.717, 1.165) is 19.8 Å². The molecule has 0 spiro atoms. The third-order valence-corrected chi connectivity index (χ3v) is 31.6. The van der Waals surface area contributed by atoms with Gasteiger partial charge in [0.2, 0.25) is 5.95 Å². The summed E-state index contributed by atoms with van der Waals surface area (Å²) in [7, 11) is -12.7. The Morgan fingerprint density at radius 2 is 0.985 bits per heavy atom. The first-order valence-electron chi connectivity index (χ1n) is 41.0. The van der Waals surface area contributed by atoms with Crippen LogP contribution in [0.15, 0.2) is 103 Å². The lowest BCUT2D eigenvalue weighted by Gasteiger charge is -2.43. The maximum Gasteiger partial charge on any atom is 0.416 e. The number of halogens is 3. The molecule has 6 fully saturated rings. The van der Waals surface area contributed by atoms with E-state index >= 15 is 13.7 Å². The SMILES string of the molecule is [2H]C[C@H]1O[C@@H](n2cc(C)c(=O)[nH]c2=O)CC1OP(O)(=S)OC[C@H]1O[C@@H](n2cc(C)c(=O)[nH]c2=O)CC1OP(O)(=S)OC[C@@H]1CN([P@@](C)(=O)OC[C@@H]2CN([P@@](C)(=O)OCC3CN([P@@](C)(=O)OCC4CN(C(=O)c5cc(C)cc(C(F)(F)F)c5)C[C@H](n5ccc(N)nc5=O)O4)C[C@H](n4cnc5c(N)ncnc54)O3)C[C@H](n3cnc4c(=O)[nH]c(N)nc43)O2)C[C@H](n2cnc3c(N)ncnc32)O1. The lowest BCUT2D eigenvalue weighted by atomic mass is 10.0. The van der Waals surface area contributed by atoms with Gasteiger partial charge < -0.3 is 97.7 Å². The summed E-state index contributed by atoms with van der Waals surface area (Å²) in [5, 5.41) is 0. The van der Waals surface area contributed by atoms with Crippen molar-refractivity contribution in [1.82, 2.24) is 106 Å². The van der Waals surface area contributed by atoms with Crippen LogP contribution in [-0.4, -0.2) is 276 Å². The molecular formula is C71H90F3N26O25P5S2. The van der Waals surface area contributed by atoms with Crippen molar-refractivity contribution < 1.29 is 103 Å². The highest BCUT2D eigenvalue weighted by Gasteiger charge is 2.49. The third-order valence-electron chi connectivity index (χ3n) is 22.5. The molecule has 16 rings (SSSR count). The van der Waals surface area contributed by atoms with E-state index in [-0.39, 0.29) is 144 Å². The number of anilines is 4. The second-order valence-corrected chi connectivity index (χ2v) is 44.9. The summed E-state index contributed by atoms with van der Waals surface area (Å²) in [6, 6.07) is 4.17. The number of rotatable bonds is 29. The Kier molecular flexibility index (Phi) is 27.0. The number of nitrogens with one attached hydrogen (secondary N) is 3. The smallest absolute Gasteiger partial charge is 0.383 e. The van der Waals surface area contributed by atoms with Gasteiger partial charge in [-0.05, 0) is 81.1 Å². The van der Waals surface area contributed by atoms with E-state index in [2.05, 4.69) is 59.8 Å². The molecule has 6 saturated heterocycles. The van der Waals surface area contributed by atoms with Crippen LogP contribution in [0, 0.1) is 20.8 Å². The van der Waals surface area contributed by atoms with Gasteiger partial charge in [0.25, 0.3) is 45.1 Å². The van der Waals surface area contributed by atoms with Gasteiger partial charge in [-0.15, -0.1) is 0 Å². The Bertz CT molecular complexity index is 6780. The van der Waals surface area contributed by atoms with Crippen molar-refractivity contribution in [2.75, 3.05) is 128 Å². The average molecular weight is 1980 g/mol. The summed E-state index contributed by atoms with van der Waals surface area (Å²) in [5.74, 6) is -1.30. The molecule has 712 valence electrons. The number of carbonyl (C=O) groups is 1. The van der Waals surface area contributed by atoms with Gasteiger partial charge in [0.1, 0.15) is 72.9 Å². The third kappa shape index (κ3) is 21.0. The van der Waals surface area contributed by atoms with Crippen LogP contribution in [0.2, 0.25) is 0 Å². The number of alkyl halides is 3. The molecule has 0 bridgehead atoms. The lowest BCUT2D eigenvalue weighted by molar-refractivity contribution is -0.137. The van der Waals surface area contributed by atoms with Crippen molar-refractivity contribution in [2.24, 2.45) is 0 Å². The molecule has 13 N–H and O–H groups in total. The molecule has 6 unspecified atom stereocenters. The van der Waals surface area contributed by atoms with Crippen LogP contribution >= 0.6 is 36.0 Å². The number of morpholine rings is 4. The highest BCUT2D eigenvalue weighted by atomic mass is 32.5. The van der Waals surface area contributed by atoms with Gasteiger partial charge in [-0.25, -0.2) is 63.3 Å². The van der Waals surface area contributed by atoms with Gasteiger partial charge in [0.15, 0.2) is 40.3 Å². The number of ether oxygens (including phenoxy) is 6. The van der Waals surface area contributed by atoms with Gasteiger partial charge in [-0.1, -0.05) is 0 Å². The molecule has 19 atom stereocenters. The molecule has 6 aliphatic rings. The molecule has 51 nitrogen and oxygen atoms in total. The van der Waals surface area contributed by atoms with Gasteiger partial charge in [0.05, 0.1) is 120 Å². The van der Waals surface area contributed by atoms with E-state index in [1.54, 1.807) is 0 Å². The van der Waals surface area contributed by atoms with Crippen LogP contribution in [0.1, 0.15) is 91.1 Å². The zero-order chi connectivity index (χ0) is 95.0. The molecule has 61 heteroatoms. The number of nitrogens with zero attached hydrogens (tertiary/aromatic N) is 19. The van der Waals surface area contributed by atoms with Crippen molar-refractivity contribution in [3.8, 4) is 0 Å². The number of carbonyl (C=O) groups excluding carboxylic acids is 1. The summed E-state index contributed by atoms with van der Waals surface area (Å²) in [6.07, 6.45) is -12.2. The maximum absolute atomic E-state index is 15.8. The van der Waals surface area contributed by atoms with Crippen molar-refractivity contribution in [1.29, 1.82) is 0 Å². The molecule has 10 aromatic rings. The quantitative estimate of drug-likeness (QED) is 0.0304. The predicted molar refractivity (Wildman–Crippen MR) is 465 cm³/mol. The Balaban J connectivity index is 0.629. The van der Waals surface area contributed by atoms with E-state index < -0.39 is 214 Å². The number of nitrogens with two attached hydrogens (primary N) is 4. The molecule has 9 aromatic heterocycles. The molecule has 6 aliphatic heterocycles. The van der Waals surface area contributed by atoms with Crippen LogP contribution < -0.4 is 56.7 Å². The highest BCUT2D eigenvalue weighted by molar-refractivity contribution is 8.07. The fourth-order valence-corrected chi connectivity index (χ4v) is 23.4. The standard InChI is InChI=1S/C71H90F3N26O25P5S2/c1-35-10-39(12-40(11-35)71(72,73)74)66(104)91-17-41(119-51(21-91)95-9-8-48(75)86-68(95)105)25-113-126(5,108)92-18-42(120-52(22-92)98-32-83-55-58(76)79-30-81-60(55)98)26-114-127(6,109)93-19-43(121-54(24-93)100-34-85-57-62(100)87-67(78)88-65(57)103)27-115-128(7,110)94-20-44(122-53(23-94)99-33-84-56-59(77)80-31-82-61(56)99)28-116-129(111,131)125-46-14-50(97-16-37(3)64(102)90-70(97)107)123-47(46)29-117-130(112,132)124-45-13-49(118-38(45)4)96-15-36(2)63(101)89-69(96)106/h8-12,15-16,30-34,38,41-47,49-54H,13-14,17-29H2,1-7H3,(H,111,131)(H,112,132)(H2,75,86,105)(H2,76,79,81)(H2,77,80,82)(H,89,101,106)(H,90,102,107)(H3,78,87,88,103)/t38-,41?,42?,43+,44+,45?,46?,47-,49-,50-,51-,52-,53-,54-,126+,127+,128+,129?,130?/m1/s1/i4D. The first-order chi connectivity index (χ1) is 62.8. The van der Waals surface area contributed by atoms with Crippen molar-refractivity contribution in [2.45, 2.75) is 133 Å². The number of H-pyrrole nitrogens is 3. The van der Waals surface area contributed by atoms with E-state index in [1.165, 1.54) is 136 Å². The summed E-state index contributed by atoms with van der Waals surface area (Å²) >= 11 is 11.1. The molecule has 132 heavy (non-hydrogen) atoms. The van der Waals surface area contributed by atoms with Crippen LogP contribution in [0.5, 0.6) is 0 Å². The van der Waals surface area contributed by atoms with E-state index in [9.17, 15) is 56.5 Å². The topological polar surface area (TPSA) is 641 Å². The highest BCUT2D eigenvalue weighted by Crippen LogP contribution is 2.57. The van der Waals surface area contributed by atoms with Gasteiger partial charge in [-0.2, -0.15) is 23.1 Å². The maximum atomic E-state index is 15.8. The van der Waals surface area contributed by atoms with Crippen molar-refractivity contribution in [3.05, 3.63) is 165 Å². The first-order valence-corrected chi connectivity index (χ1v) is 51.6. The Labute approximate surface area is 753 Å². The zero-order valence-corrected chi connectivity index (χ0v) is 76.7. The number of aryl methyl sites for hydroxylation is 3. The largest absolute Gasteiger partial charge is 0.416 e. The number of nitrogen functional groups attached to an aromatic ring is 4. The minimum atomic E-state index is -4.82. The van der Waals surface area contributed by atoms with Gasteiger partial charge in [-0.3, -0.25) is 75.2 Å².